The van der Waals surface area contributed by atoms with Gasteiger partial charge in [0, 0.05) is 11.3 Å². The van der Waals surface area contributed by atoms with Crippen molar-refractivity contribution < 1.29 is 22.7 Å². The molecule has 0 unspecified atom stereocenters. The molecule has 0 aromatic heterocycles. The van der Waals surface area contributed by atoms with Crippen LogP contribution in [0.5, 0.6) is 11.5 Å². The number of nitriles is 1. The van der Waals surface area contributed by atoms with Gasteiger partial charge in [-0.3, -0.25) is 9.52 Å². The fourth-order valence-corrected chi connectivity index (χ4v) is 3.98. The largest absolute Gasteiger partial charge is 0.493 e. The van der Waals surface area contributed by atoms with Crippen molar-refractivity contribution in [1.82, 2.24) is 0 Å². The van der Waals surface area contributed by atoms with Gasteiger partial charge < -0.3 is 9.47 Å². The van der Waals surface area contributed by atoms with Gasteiger partial charge in [-0.05, 0) is 67.1 Å². The van der Waals surface area contributed by atoms with Crippen molar-refractivity contribution in [3.8, 4) is 17.6 Å². The molecule has 0 heterocycles. The fourth-order valence-electron chi connectivity index (χ4n) is 2.92. The van der Waals surface area contributed by atoms with Crippen molar-refractivity contribution in [3.05, 3.63) is 89.5 Å². The van der Waals surface area contributed by atoms with Crippen LogP contribution in [-0.2, 0) is 10.0 Å². The molecule has 0 bridgehead atoms. The lowest BCUT2D eigenvalue weighted by Crippen LogP contribution is -2.13. The summed E-state index contributed by atoms with van der Waals surface area (Å²) in [5.41, 5.74) is 2.44. The average molecular weight is 463 g/mol. The van der Waals surface area contributed by atoms with Crippen LogP contribution in [0.4, 0.5) is 5.69 Å². The number of ketones is 1. The minimum Gasteiger partial charge on any atom is -0.493 e. The maximum Gasteiger partial charge on any atom is 0.261 e. The maximum atomic E-state index is 12.5. The molecule has 168 valence electrons. The smallest absolute Gasteiger partial charge is 0.261 e. The van der Waals surface area contributed by atoms with Gasteiger partial charge in [-0.15, -0.1) is 0 Å². The number of hydrogen-bond donors (Lipinski definition) is 1. The second kappa shape index (κ2) is 10.5. The molecule has 8 heteroatoms. The summed E-state index contributed by atoms with van der Waals surface area (Å²) in [5.74, 6) is 0.642. The van der Waals surface area contributed by atoms with Gasteiger partial charge in [0.05, 0.1) is 12.0 Å². The Balaban J connectivity index is 1.68. The summed E-state index contributed by atoms with van der Waals surface area (Å²) in [6, 6.07) is 19.7. The Bertz CT molecular complexity index is 1310. The number of methoxy groups -OCH3 is 1. The molecule has 7 nitrogen and oxygen atoms in total. The molecule has 0 fully saturated rings. The normalized spacial score (nSPS) is 11.1. The van der Waals surface area contributed by atoms with Crippen LogP contribution in [0.25, 0.3) is 6.08 Å². The number of ether oxygens (including phenoxy) is 2. The summed E-state index contributed by atoms with van der Waals surface area (Å²) in [5, 5.41) is 8.64. The molecular weight excluding hydrogens is 440 g/mol. The van der Waals surface area contributed by atoms with Crippen LogP contribution in [0.2, 0.25) is 0 Å². The highest BCUT2D eigenvalue weighted by molar-refractivity contribution is 7.92. The third-order valence-corrected chi connectivity index (χ3v) is 6.06. The number of carbonyl (C=O) groups excluding carboxylic acids is 1. The number of carbonyl (C=O) groups is 1. The summed E-state index contributed by atoms with van der Waals surface area (Å²) in [6.07, 6.45) is 3.04. The molecule has 3 rings (SSSR count). The zero-order chi connectivity index (χ0) is 23.8. The van der Waals surface area contributed by atoms with Crippen molar-refractivity contribution in [2.75, 3.05) is 18.4 Å². The Hall–Kier alpha value is -4.09. The quantitative estimate of drug-likeness (QED) is 0.368. The lowest BCUT2D eigenvalue weighted by Gasteiger charge is -2.09. The van der Waals surface area contributed by atoms with Crippen LogP contribution >= 0.6 is 0 Å². The van der Waals surface area contributed by atoms with Gasteiger partial charge in [0.1, 0.15) is 6.07 Å². The number of aryl methyl sites for hydroxylation is 1. The van der Waals surface area contributed by atoms with Gasteiger partial charge in [0.2, 0.25) is 0 Å². The first-order valence-corrected chi connectivity index (χ1v) is 11.4. The topological polar surface area (TPSA) is 105 Å². The van der Waals surface area contributed by atoms with E-state index < -0.39 is 10.0 Å². The third kappa shape index (κ3) is 6.21. The Kier molecular flexibility index (Phi) is 7.49. The van der Waals surface area contributed by atoms with Gasteiger partial charge >= 0.3 is 0 Å². The summed E-state index contributed by atoms with van der Waals surface area (Å²) in [7, 11) is -2.23. The number of nitrogens with zero attached hydrogens (tertiary/aromatic N) is 1. The van der Waals surface area contributed by atoms with E-state index in [4.69, 9.17) is 14.7 Å². The number of benzene rings is 3. The van der Waals surface area contributed by atoms with Crippen LogP contribution < -0.4 is 14.2 Å². The summed E-state index contributed by atoms with van der Waals surface area (Å²) < 4.78 is 38.0. The lowest BCUT2D eigenvalue weighted by molar-refractivity contribution is 0.104. The first-order chi connectivity index (χ1) is 15.8. The van der Waals surface area contributed by atoms with E-state index in [1.807, 2.05) is 13.0 Å². The fraction of sp³-hybridized carbons (Fsp3) is 0.120. The second-order valence-electron chi connectivity index (χ2n) is 7.05. The number of sulfonamides is 1. The molecule has 0 aliphatic heterocycles. The van der Waals surface area contributed by atoms with Crippen LogP contribution in [0.3, 0.4) is 0 Å². The van der Waals surface area contributed by atoms with Crippen LogP contribution in [0.1, 0.15) is 21.5 Å². The summed E-state index contributed by atoms with van der Waals surface area (Å²) in [4.78, 5) is 12.7. The SMILES string of the molecule is COc1cc(/C=C/C(=O)c2ccc(NS(=O)(=O)c3ccc(C)cc3)cc2)ccc1OCC#N. The van der Waals surface area contributed by atoms with Gasteiger partial charge in [-0.1, -0.05) is 29.8 Å². The van der Waals surface area contributed by atoms with E-state index in [1.54, 1.807) is 48.5 Å². The monoisotopic (exact) mass is 462 g/mol. The molecule has 0 saturated carbocycles. The molecule has 1 N–H and O–H groups in total. The maximum absolute atomic E-state index is 12.5. The lowest BCUT2D eigenvalue weighted by atomic mass is 10.1. The van der Waals surface area contributed by atoms with E-state index in [0.717, 1.165) is 5.56 Å². The average Bonchev–Trinajstić information content (AvgIpc) is 2.82. The molecule has 3 aromatic carbocycles. The van der Waals surface area contributed by atoms with E-state index >= 15 is 0 Å². The molecule has 0 saturated heterocycles. The van der Waals surface area contributed by atoms with Crippen LogP contribution in [-0.4, -0.2) is 27.9 Å². The summed E-state index contributed by atoms with van der Waals surface area (Å²) in [6.45, 7) is 1.78. The predicted octanol–water partition coefficient (Wildman–Crippen LogP) is 4.60. The van der Waals surface area contributed by atoms with Gasteiger partial charge in [0.15, 0.2) is 23.9 Å². The predicted molar refractivity (Wildman–Crippen MR) is 126 cm³/mol. The van der Waals surface area contributed by atoms with E-state index in [-0.39, 0.29) is 17.3 Å². The Morgan fingerprint density at radius 1 is 1.03 bits per heavy atom. The zero-order valence-corrected chi connectivity index (χ0v) is 18.9. The number of anilines is 1. The van der Waals surface area contributed by atoms with E-state index in [1.165, 1.54) is 37.5 Å². The number of rotatable bonds is 9. The molecule has 0 aliphatic rings. The molecule has 33 heavy (non-hydrogen) atoms. The Labute approximate surface area is 193 Å². The minimum absolute atomic E-state index is 0.0960. The zero-order valence-electron chi connectivity index (χ0n) is 18.1. The highest BCUT2D eigenvalue weighted by atomic mass is 32.2. The minimum atomic E-state index is -3.71. The second-order valence-corrected chi connectivity index (χ2v) is 8.73. The number of hydrogen-bond acceptors (Lipinski definition) is 6. The molecule has 0 radical (unpaired) electrons. The highest BCUT2D eigenvalue weighted by Gasteiger charge is 2.14. The Morgan fingerprint density at radius 2 is 1.73 bits per heavy atom. The number of allylic oxidation sites excluding steroid dienone is 1. The number of nitrogens with one attached hydrogen (secondary N) is 1. The third-order valence-electron chi connectivity index (χ3n) is 4.66. The van der Waals surface area contributed by atoms with Crippen LogP contribution in [0, 0.1) is 18.3 Å². The van der Waals surface area contributed by atoms with Gasteiger partial charge in [0.25, 0.3) is 10.0 Å². The van der Waals surface area contributed by atoms with E-state index in [2.05, 4.69) is 4.72 Å². The Morgan fingerprint density at radius 3 is 2.36 bits per heavy atom. The molecule has 0 aliphatic carbocycles. The first kappa shape index (κ1) is 23.6. The molecule has 3 aromatic rings. The van der Waals surface area contributed by atoms with E-state index in [0.29, 0.717) is 28.3 Å². The first-order valence-electron chi connectivity index (χ1n) is 9.92. The van der Waals surface area contributed by atoms with Crippen LogP contribution in [0.15, 0.2) is 77.7 Å². The molecule has 0 amide bonds. The van der Waals surface area contributed by atoms with Crippen molar-refractivity contribution in [2.24, 2.45) is 0 Å². The van der Waals surface area contributed by atoms with E-state index in [9.17, 15) is 13.2 Å². The molecular formula is C25H22N2O5S. The summed E-state index contributed by atoms with van der Waals surface area (Å²) >= 11 is 0. The standard InChI is InChI=1S/C25H22N2O5S/c1-18-3-11-22(12-4-18)33(29,30)27-21-9-7-20(8-10-21)23(28)13-5-19-6-14-24(32-16-15-26)25(17-19)31-2/h3-14,17,27H,16H2,1-2H3/b13-5+. The van der Waals surface area contributed by atoms with Gasteiger partial charge in [-0.2, -0.15) is 5.26 Å². The molecule has 0 atom stereocenters. The molecule has 0 spiro atoms. The highest BCUT2D eigenvalue weighted by Crippen LogP contribution is 2.28. The van der Waals surface area contributed by atoms with Crippen molar-refractivity contribution >= 4 is 27.6 Å². The van der Waals surface area contributed by atoms with Crippen molar-refractivity contribution in [2.45, 2.75) is 11.8 Å². The van der Waals surface area contributed by atoms with Crippen molar-refractivity contribution in [1.29, 1.82) is 5.26 Å². The van der Waals surface area contributed by atoms with Gasteiger partial charge in [-0.25, -0.2) is 8.42 Å². The van der Waals surface area contributed by atoms with Crippen molar-refractivity contribution in [3.63, 3.8) is 0 Å².